The predicted molar refractivity (Wildman–Crippen MR) is 179 cm³/mol. The lowest BCUT2D eigenvalue weighted by molar-refractivity contribution is 0.0948. The minimum absolute atomic E-state index is 0.246. The molecule has 224 valence electrons. The van der Waals surface area contributed by atoms with Crippen molar-refractivity contribution < 1.29 is 9.53 Å². The van der Waals surface area contributed by atoms with Gasteiger partial charge in [-0.25, -0.2) is 0 Å². The van der Waals surface area contributed by atoms with Crippen molar-refractivity contribution >= 4 is 51.7 Å². The number of thiophene rings is 1. The summed E-state index contributed by atoms with van der Waals surface area (Å²) in [5.41, 5.74) is 10.3. The molecule has 4 heterocycles. The number of carbonyl (C=O) groups is 1. The van der Waals surface area contributed by atoms with Gasteiger partial charge in [-0.15, -0.1) is 22.7 Å². The lowest BCUT2D eigenvalue weighted by atomic mass is 10.1. The summed E-state index contributed by atoms with van der Waals surface area (Å²) in [6.07, 6.45) is 1.72. The maximum absolute atomic E-state index is 14.0. The first-order valence-electron chi connectivity index (χ1n) is 13.7. The van der Waals surface area contributed by atoms with E-state index in [-0.39, 0.29) is 17.7 Å². The van der Waals surface area contributed by atoms with Crippen LogP contribution in [0.3, 0.4) is 0 Å². The quantitative estimate of drug-likeness (QED) is 0.148. The fourth-order valence-electron chi connectivity index (χ4n) is 4.69. The summed E-state index contributed by atoms with van der Waals surface area (Å²) >= 11 is 9.02. The van der Waals surface area contributed by atoms with Gasteiger partial charge in [0, 0.05) is 38.8 Å². The van der Waals surface area contributed by atoms with E-state index in [9.17, 15) is 9.59 Å². The standard InChI is InChI=1S/C33H25ClN6O3S2/c1-43-31-30(38-40(33(42)24-9-5-6-10-26(24)35)32(31)37-18-22-12-15-28(34)45-22)25-13-16-29(41)39(19-23-17-36-20-44-23)27(25)14-11-21-7-3-2-4-8-21/h2-10,12-13,15-17,20,37H,18-19,35H2,1H3. The average molecular weight is 653 g/mol. The first-order chi connectivity index (χ1) is 21.9. The van der Waals surface area contributed by atoms with E-state index in [4.69, 9.17) is 27.2 Å². The maximum Gasteiger partial charge on any atom is 0.282 e. The number of benzene rings is 2. The minimum Gasteiger partial charge on any atom is -0.491 e. The number of hydrogen-bond donors (Lipinski definition) is 2. The van der Waals surface area contributed by atoms with E-state index >= 15 is 0 Å². The van der Waals surface area contributed by atoms with E-state index in [1.807, 2.05) is 42.5 Å². The second kappa shape index (κ2) is 13.2. The first kappa shape index (κ1) is 29.9. The molecule has 9 nitrogen and oxygen atoms in total. The van der Waals surface area contributed by atoms with E-state index in [1.54, 1.807) is 46.6 Å². The average Bonchev–Trinajstić information content (AvgIpc) is 3.81. The van der Waals surface area contributed by atoms with Crippen LogP contribution in [0.1, 0.15) is 31.4 Å². The van der Waals surface area contributed by atoms with E-state index < -0.39 is 5.91 Å². The molecule has 6 aromatic rings. The molecule has 0 aliphatic rings. The molecule has 0 fully saturated rings. The number of methoxy groups -OCH3 is 1. The molecule has 4 aromatic heterocycles. The van der Waals surface area contributed by atoms with Crippen LogP contribution in [-0.2, 0) is 13.1 Å². The molecule has 0 atom stereocenters. The van der Waals surface area contributed by atoms with Crippen molar-refractivity contribution in [1.82, 2.24) is 19.3 Å². The molecule has 0 unspecified atom stereocenters. The van der Waals surface area contributed by atoms with Crippen molar-refractivity contribution in [2.24, 2.45) is 0 Å². The Morgan fingerprint density at radius 2 is 1.82 bits per heavy atom. The van der Waals surface area contributed by atoms with Gasteiger partial charge in [-0.05, 0) is 48.4 Å². The number of rotatable bonds is 8. The van der Waals surface area contributed by atoms with Gasteiger partial charge in [-0.3, -0.25) is 19.1 Å². The second-order valence-electron chi connectivity index (χ2n) is 9.70. The SMILES string of the molecule is COc1c(-c2ccc(=O)n(Cc3cncs3)c2C#Cc2ccccc2)nn(C(=O)c2ccccc2N)c1NCc1ccc(Cl)s1. The number of pyridine rings is 1. The van der Waals surface area contributed by atoms with Gasteiger partial charge in [0.25, 0.3) is 11.5 Å². The van der Waals surface area contributed by atoms with Gasteiger partial charge in [0.2, 0.25) is 0 Å². The molecule has 0 spiro atoms. The van der Waals surface area contributed by atoms with Crippen LogP contribution in [0.2, 0.25) is 4.34 Å². The molecule has 45 heavy (non-hydrogen) atoms. The van der Waals surface area contributed by atoms with Crippen LogP contribution in [0.5, 0.6) is 5.75 Å². The number of para-hydroxylation sites is 1. The molecule has 2 aromatic carbocycles. The third kappa shape index (κ3) is 6.39. The number of aromatic nitrogens is 4. The maximum atomic E-state index is 14.0. The Morgan fingerprint density at radius 1 is 1.02 bits per heavy atom. The van der Waals surface area contributed by atoms with E-state index in [0.29, 0.717) is 45.1 Å². The van der Waals surface area contributed by atoms with Crippen molar-refractivity contribution in [2.75, 3.05) is 18.2 Å². The van der Waals surface area contributed by atoms with Crippen LogP contribution in [0.15, 0.2) is 95.4 Å². The minimum atomic E-state index is -0.459. The molecule has 3 N–H and O–H groups in total. The van der Waals surface area contributed by atoms with E-state index in [1.165, 1.54) is 40.5 Å². The van der Waals surface area contributed by atoms with Crippen molar-refractivity contribution in [1.29, 1.82) is 0 Å². The fourth-order valence-corrected chi connectivity index (χ4v) is 6.30. The predicted octanol–water partition coefficient (Wildman–Crippen LogP) is 6.22. The highest BCUT2D eigenvalue weighted by Gasteiger charge is 2.28. The molecule has 0 saturated heterocycles. The third-order valence-electron chi connectivity index (χ3n) is 6.82. The number of thiazole rings is 1. The van der Waals surface area contributed by atoms with Crippen molar-refractivity contribution in [3.63, 3.8) is 0 Å². The molecule has 0 aliphatic heterocycles. The lowest BCUT2D eigenvalue weighted by Gasteiger charge is -2.12. The number of ether oxygens (including phenoxy) is 1. The summed E-state index contributed by atoms with van der Waals surface area (Å²) in [6.45, 7) is 0.602. The summed E-state index contributed by atoms with van der Waals surface area (Å²) in [6, 6.07) is 23.1. The molecule has 0 amide bonds. The lowest BCUT2D eigenvalue weighted by Crippen LogP contribution is -2.23. The number of hydrogen-bond acceptors (Lipinski definition) is 9. The number of carbonyl (C=O) groups excluding carboxylic acids is 1. The van der Waals surface area contributed by atoms with Crippen LogP contribution >= 0.6 is 34.3 Å². The highest BCUT2D eigenvalue weighted by atomic mass is 35.5. The van der Waals surface area contributed by atoms with Gasteiger partial charge >= 0.3 is 0 Å². The zero-order valence-electron chi connectivity index (χ0n) is 23.9. The van der Waals surface area contributed by atoms with Gasteiger partial charge in [0.15, 0.2) is 11.6 Å². The highest BCUT2D eigenvalue weighted by Crippen LogP contribution is 2.39. The second-order valence-corrected chi connectivity index (χ2v) is 12.5. The third-order valence-corrected chi connectivity index (χ3v) is 8.82. The molecule has 0 saturated carbocycles. The van der Waals surface area contributed by atoms with Crippen molar-refractivity contribution in [3.8, 4) is 28.8 Å². The smallest absolute Gasteiger partial charge is 0.282 e. The number of nitrogen functional groups attached to an aromatic ring is 1. The van der Waals surface area contributed by atoms with Crippen molar-refractivity contribution in [3.05, 3.63) is 132 Å². The summed E-state index contributed by atoms with van der Waals surface area (Å²) in [7, 11) is 1.50. The number of anilines is 2. The van der Waals surface area contributed by atoms with Crippen molar-refractivity contribution in [2.45, 2.75) is 13.1 Å². The Labute approximate surface area is 271 Å². The normalized spacial score (nSPS) is 10.7. The Bertz CT molecular complexity index is 2110. The highest BCUT2D eigenvalue weighted by molar-refractivity contribution is 7.16. The van der Waals surface area contributed by atoms with E-state index in [2.05, 4.69) is 22.1 Å². The van der Waals surface area contributed by atoms with Crippen LogP contribution in [0.4, 0.5) is 11.5 Å². The topological polar surface area (TPSA) is 117 Å². The largest absolute Gasteiger partial charge is 0.491 e. The molecule has 0 radical (unpaired) electrons. The molecular formula is C33H25ClN6O3S2. The molecule has 0 aliphatic carbocycles. The fraction of sp³-hybridized carbons (Fsp3) is 0.0909. The zero-order valence-corrected chi connectivity index (χ0v) is 26.2. The van der Waals surface area contributed by atoms with Crippen LogP contribution in [0, 0.1) is 11.8 Å². The Hall–Kier alpha value is -5.15. The van der Waals surface area contributed by atoms with E-state index in [0.717, 1.165) is 15.3 Å². The summed E-state index contributed by atoms with van der Waals surface area (Å²) in [4.78, 5) is 33.3. The Kier molecular flexibility index (Phi) is 8.79. The summed E-state index contributed by atoms with van der Waals surface area (Å²) in [5.74, 6) is 6.54. The van der Waals surface area contributed by atoms with Crippen LogP contribution in [0.25, 0.3) is 11.3 Å². The number of nitrogens with two attached hydrogens (primary N) is 1. The van der Waals surface area contributed by atoms with Gasteiger partial charge < -0.3 is 15.8 Å². The van der Waals surface area contributed by atoms with Crippen LogP contribution < -0.4 is 21.3 Å². The molecule has 6 rings (SSSR count). The van der Waals surface area contributed by atoms with Gasteiger partial charge in [-0.2, -0.15) is 9.78 Å². The Balaban J connectivity index is 1.56. The number of halogens is 1. The molecular weight excluding hydrogens is 628 g/mol. The molecule has 12 heteroatoms. The van der Waals surface area contributed by atoms with Gasteiger partial charge in [-0.1, -0.05) is 47.9 Å². The summed E-state index contributed by atoms with van der Waals surface area (Å²) < 4.78 is 9.38. The Morgan fingerprint density at radius 3 is 2.53 bits per heavy atom. The van der Waals surface area contributed by atoms with Gasteiger partial charge in [0.05, 0.1) is 35.6 Å². The van der Waals surface area contributed by atoms with Gasteiger partial charge in [0.1, 0.15) is 11.4 Å². The zero-order chi connectivity index (χ0) is 31.3. The monoisotopic (exact) mass is 652 g/mol. The molecule has 0 bridgehead atoms. The first-order valence-corrected chi connectivity index (χ1v) is 15.7. The van der Waals surface area contributed by atoms with Crippen LogP contribution in [-0.4, -0.2) is 32.3 Å². The summed E-state index contributed by atoms with van der Waals surface area (Å²) in [5, 5.41) is 8.09. The number of nitrogens with zero attached hydrogens (tertiary/aromatic N) is 4. The number of nitrogens with one attached hydrogen (secondary N) is 1.